The predicted octanol–water partition coefficient (Wildman–Crippen LogP) is 4.73. The van der Waals surface area contributed by atoms with Crippen LogP contribution in [0.15, 0.2) is 58.4 Å². The van der Waals surface area contributed by atoms with Gasteiger partial charge in [-0.1, -0.05) is 40.2 Å². The Labute approximate surface area is 135 Å². The summed E-state index contributed by atoms with van der Waals surface area (Å²) in [6.45, 7) is 0.518. The van der Waals surface area contributed by atoms with E-state index in [0.717, 1.165) is 27.0 Å². The molecular weight excluding hydrogens is 348 g/mol. The minimum atomic E-state index is 0.518. The molecule has 0 amide bonds. The summed E-state index contributed by atoms with van der Waals surface area (Å²) in [6, 6.07) is 15.9. The Hall–Kier alpha value is -1.85. The van der Waals surface area contributed by atoms with Crippen LogP contribution in [0.3, 0.4) is 0 Å². The third-order valence-corrected chi connectivity index (χ3v) is 4.20. The number of nitrogens with zero attached hydrogens (tertiary/aromatic N) is 1. The molecule has 2 aromatic carbocycles. The van der Waals surface area contributed by atoms with E-state index in [1.165, 1.54) is 11.3 Å². The molecular formula is C16H13BrN2OS. The number of nitrogen functional groups attached to an aromatic ring is 1. The summed E-state index contributed by atoms with van der Waals surface area (Å²) in [7, 11) is 0. The molecule has 2 N–H and O–H groups in total. The van der Waals surface area contributed by atoms with Gasteiger partial charge in [-0.3, -0.25) is 0 Å². The standard InChI is InChI=1S/C16H13BrN2OS/c17-12-7-5-11(6-8-12)9-20-15-4-2-1-3-13(15)14-10-21-16(18)19-14/h1-8,10H,9H2,(H2,18,19). The lowest BCUT2D eigenvalue weighted by Crippen LogP contribution is -1.97. The Kier molecular flexibility index (Phi) is 4.22. The van der Waals surface area contributed by atoms with E-state index in [9.17, 15) is 0 Å². The van der Waals surface area contributed by atoms with E-state index in [1.54, 1.807) is 0 Å². The molecule has 0 atom stereocenters. The van der Waals surface area contributed by atoms with Gasteiger partial charge in [0.1, 0.15) is 12.4 Å². The van der Waals surface area contributed by atoms with Crippen LogP contribution in [0.4, 0.5) is 5.13 Å². The van der Waals surface area contributed by atoms with Crippen molar-refractivity contribution >= 4 is 32.4 Å². The van der Waals surface area contributed by atoms with Gasteiger partial charge in [0.25, 0.3) is 0 Å². The van der Waals surface area contributed by atoms with Crippen molar-refractivity contribution in [1.29, 1.82) is 0 Å². The second-order valence-electron chi connectivity index (χ2n) is 4.48. The normalized spacial score (nSPS) is 10.5. The first-order valence-electron chi connectivity index (χ1n) is 6.40. The summed E-state index contributed by atoms with van der Waals surface area (Å²) < 4.78 is 7.00. The Bertz CT molecular complexity index is 740. The van der Waals surface area contributed by atoms with Crippen LogP contribution >= 0.6 is 27.3 Å². The monoisotopic (exact) mass is 360 g/mol. The predicted molar refractivity (Wildman–Crippen MR) is 90.4 cm³/mol. The first-order chi connectivity index (χ1) is 10.2. The molecule has 3 nitrogen and oxygen atoms in total. The van der Waals surface area contributed by atoms with Crippen molar-refractivity contribution in [3.8, 4) is 17.0 Å². The molecule has 0 bridgehead atoms. The average Bonchev–Trinajstić information content (AvgIpc) is 2.93. The summed E-state index contributed by atoms with van der Waals surface area (Å²) in [5.41, 5.74) is 8.64. The maximum absolute atomic E-state index is 5.94. The van der Waals surface area contributed by atoms with Crippen LogP contribution in [0.2, 0.25) is 0 Å². The smallest absolute Gasteiger partial charge is 0.180 e. The number of nitrogens with two attached hydrogens (primary N) is 1. The molecule has 0 aliphatic carbocycles. The number of ether oxygens (including phenoxy) is 1. The van der Waals surface area contributed by atoms with Gasteiger partial charge in [0.15, 0.2) is 5.13 Å². The van der Waals surface area contributed by atoms with Gasteiger partial charge in [0.2, 0.25) is 0 Å². The van der Waals surface area contributed by atoms with E-state index in [2.05, 4.69) is 20.9 Å². The molecule has 1 heterocycles. The lowest BCUT2D eigenvalue weighted by Gasteiger charge is -2.10. The number of thiazole rings is 1. The Morgan fingerprint density at radius 1 is 1.10 bits per heavy atom. The van der Waals surface area contributed by atoms with E-state index >= 15 is 0 Å². The van der Waals surface area contributed by atoms with Crippen molar-refractivity contribution in [1.82, 2.24) is 4.98 Å². The number of hydrogen-bond donors (Lipinski definition) is 1. The minimum Gasteiger partial charge on any atom is -0.488 e. The number of aromatic nitrogens is 1. The molecule has 0 saturated heterocycles. The SMILES string of the molecule is Nc1nc(-c2ccccc2OCc2ccc(Br)cc2)cs1. The quantitative estimate of drug-likeness (QED) is 0.731. The number of anilines is 1. The molecule has 0 aliphatic heterocycles. The fourth-order valence-electron chi connectivity index (χ4n) is 1.96. The summed E-state index contributed by atoms with van der Waals surface area (Å²) in [6.07, 6.45) is 0. The maximum atomic E-state index is 5.94. The summed E-state index contributed by atoms with van der Waals surface area (Å²) in [5, 5.41) is 2.50. The van der Waals surface area contributed by atoms with Crippen LogP contribution in [0.5, 0.6) is 5.75 Å². The van der Waals surface area contributed by atoms with Crippen LogP contribution in [0, 0.1) is 0 Å². The topological polar surface area (TPSA) is 48.1 Å². The maximum Gasteiger partial charge on any atom is 0.180 e. The fraction of sp³-hybridized carbons (Fsp3) is 0.0625. The van der Waals surface area contributed by atoms with E-state index < -0.39 is 0 Å². The highest BCUT2D eigenvalue weighted by molar-refractivity contribution is 9.10. The highest BCUT2D eigenvalue weighted by Gasteiger charge is 2.09. The molecule has 21 heavy (non-hydrogen) atoms. The molecule has 0 fully saturated rings. The van der Waals surface area contributed by atoms with Crippen molar-refractivity contribution < 1.29 is 4.74 Å². The van der Waals surface area contributed by atoms with Gasteiger partial charge in [-0.25, -0.2) is 4.98 Å². The van der Waals surface area contributed by atoms with Crippen LogP contribution in [0.25, 0.3) is 11.3 Å². The van der Waals surface area contributed by atoms with E-state index in [1.807, 2.05) is 53.9 Å². The van der Waals surface area contributed by atoms with Crippen molar-refractivity contribution in [2.45, 2.75) is 6.61 Å². The van der Waals surface area contributed by atoms with Crippen molar-refractivity contribution in [2.75, 3.05) is 5.73 Å². The average molecular weight is 361 g/mol. The van der Waals surface area contributed by atoms with Crippen LogP contribution in [-0.4, -0.2) is 4.98 Å². The van der Waals surface area contributed by atoms with Crippen LogP contribution < -0.4 is 10.5 Å². The molecule has 106 valence electrons. The fourth-order valence-corrected chi connectivity index (χ4v) is 2.78. The van der Waals surface area contributed by atoms with Gasteiger partial charge >= 0.3 is 0 Å². The molecule has 1 aromatic heterocycles. The van der Waals surface area contributed by atoms with Crippen molar-refractivity contribution in [2.24, 2.45) is 0 Å². The number of halogens is 1. The van der Waals surface area contributed by atoms with E-state index in [4.69, 9.17) is 10.5 Å². The van der Waals surface area contributed by atoms with E-state index in [-0.39, 0.29) is 0 Å². The summed E-state index contributed by atoms with van der Waals surface area (Å²) >= 11 is 4.86. The molecule has 5 heteroatoms. The first-order valence-corrected chi connectivity index (χ1v) is 8.07. The van der Waals surface area contributed by atoms with Gasteiger partial charge in [-0.05, 0) is 29.8 Å². The molecule has 0 aliphatic rings. The molecule has 0 unspecified atom stereocenters. The zero-order chi connectivity index (χ0) is 14.7. The zero-order valence-corrected chi connectivity index (χ0v) is 13.5. The highest BCUT2D eigenvalue weighted by atomic mass is 79.9. The summed E-state index contributed by atoms with van der Waals surface area (Å²) in [5.74, 6) is 0.811. The van der Waals surface area contributed by atoms with Gasteiger partial charge in [0, 0.05) is 15.4 Å². The zero-order valence-electron chi connectivity index (χ0n) is 11.1. The van der Waals surface area contributed by atoms with Crippen LogP contribution in [0.1, 0.15) is 5.56 Å². The van der Waals surface area contributed by atoms with Crippen molar-refractivity contribution in [3.05, 3.63) is 63.9 Å². The second kappa shape index (κ2) is 6.28. The minimum absolute atomic E-state index is 0.518. The second-order valence-corrected chi connectivity index (χ2v) is 6.29. The van der Waals surface area contributed by atoms with Gasteiger partial charge in [-0.15, -0.1) is 11.3 Å². The lowest BCUT2D eigenvalue weighted by atomic mass is 10.1. The number of benzene rings is 2. The van der Waals surface area contributed by atoms with Gasteiger partial charge < -0.3 is 10.5 Å². The first kappa shape index (κ1) is 14.1. The molecule has 3 rings (SSSR count). The highest BCUT2D eigenvalue weighted by Crippen LogP contribution is 2.31. The Morgan fingerprint density at radius 3 is 2.57 bits per heavy atom. The molecule has 0 radical (unpaired) electrons. The summed E-state index contributed by atoms with van der Waals surface area (Å²) in [4.78, 5) is 4.32. The number of rotatable bonds is 4. The third-order valence-electron chi connectivity index (χ3n) is 2.99. The van der Waals surface area contributed by atoms with Gasteiger partial charge in [-0.2, -0.15) is 0 Å². The Morgan fingerprint density at radius 2 is 1.86 bits per heavy atom. The molecule has 0 spiro atoms. The Balaban J connectivity index is 1.81. The largest absolute Gasteiger partial charge is 0.488 e. The lowest BCUT2D eigenvalue weighted by molar-refractivity contribution is 0.307. The van der Waals surface area contributed by atoms with E-state index in [0.29, 0.717) is 11.7 Å². The number of para-hydroxylation sites is 1. The molecule has 3 aromatic rings. The van der Waals surface area contributed by atoms with Crippen LogP contribution in [-0.2, 0) is 6.61 Å². The third kappa shape index (κ3) is 3.43. The van der Waals surface area contributed by atoms with Crippen molar-refractivity contribution in [3.63, 3.8) is 0 Å². The van der Waals surface area contributed by atoms with Gasteiger partial charge in [0.05, 0.1) is 5.69 Å². The molecule has 0 saturated carbocycles. The number of hydrogen-bond acceptors (Lipinski definition) is 4.